The molecule has 19 heavy (non-hydrogen) atoms. The first-order valence-corrected chi connectivity index (χ1v) is 7.58. The Morgan fingerprint density at radius 3 is 2.89 bits per heavy atom. The number of imidazole rings is 1. The number of nitrogens with zero attached hydrogens (tertiary/aromatic N) is 2. The second-order valence-corrected chi connectivity index (χ2v) is 6.04. The summed E-state index contributed by atoms with van der Waals surface area (Å²) in [6, 6.07) is 7.04. The van der Waals surface area contributed by atoms with E-state index >= 15 is 0 Å². The first-order chi connectivity index (χ1) is 9.17. The van der Waals surface area contributed by atoms with Gasteiger partial charge in [-0.3, -0.25) is 4.57 Å². The third-order valence-electron chi connectivity index (χ3n) is 3.42. The number of anilines is 1. The van der Waals surface area contributed by atoms with E-state index in [-0.39, 0.29) is 0 Å². The highest BCUT2D eigenvalue weighted by molar-refractivity contribution is 9.10. The number of nitrogens with one attached hydrogen (secondary N) is 1. The monoisotopic (exact) mass is 319 g/mol. The molecule has 2 aromatic rings. The Balaban J connectivity index is 2.05. The number of aromatic nitrogens is 2. The van der Waals surface area contributed by atoms with Crippen molar-refractivity contribution in [2.75, 3.05) is 5.32 Å². The number of aryl methyl sites for hydroxylation is 2. The van der Waals surface area contributed by atoms with Gasteiger partial charge in [-0.05, 0) is 49.9 Å². The zero-order valence-corrected chi connectivity index (χ0v) is 12.9. The van der Waals surface area contributed by atoms with Crippen molar-refractivity contribution < 1.29 is 0 Å². The van der Waals surface area contributed by atoms with Crippen LogP contribution in [-0.4, -0.2) is 15.6 Å². The summed E-state index contributed by atoms with van der Waals surface area (Å²) in [6.07, 6.45) is 5.63. The standard InChI is InChI=1S/C15H18BrN3/c1-3-11-8-12(16)4-7-14(11)19-9-10(2)17-15(19)18-13-5-6-13/h4,7-9,13H,3,5-6H2,1-2H3,(H,17,18). The molecule has 0 amide bonds. The van der Waals surface area contributed by atoms with Gasteiger partial charge in [0.15, 0.2) is 0 Å². The van der Waals surface area contributed by atoms with Crippen LogP contribution >= 0.6 is 15.9 Å². The van der Waals surface area contributed by atoms with Crippen LogP contribution in [0.2, 0.25) is 0 Å². The Kier molecular flexibility index (Phi) is 3.35. The van der Waals surface area contributed by atoms with Crippen LogP contribution in [0.4, 0.5) is 5.95 Å². The predicted molar refractivity (Wildman–Crippen MR) is 82.0 cm³/mol. The Morgan fingerprint density at radius 2 is 2.21 bits per heavy atom. The van der Waals surface area contributed by atoms with Gasteiger partial charge in [0.05, 0.1) is 11.4 Å². The lowest BCUT2D eigenvalue weighted by Crippen LogP contribution is -2.08. The molecular formula is C15H18BrN3. The summed E-state index contributed by atoms with van der Waals surface area (Å²) in [4.78, 5) is 4.61. The smallest absolute Gasteiger partial charge is 0.207 e. The van der Waals surface area contributed by atoms with Crippen molar-refractivity contribution in [3.05, 3.63) is 40.1 Å². The molecule has 1 heterocycles. The van der Waals surface area contributed by atoms with E-state index in [2.05, 4.69) is 62.1 Å². The van der Waals surface area contributed by atoms with E-state index in [4.69, 9.17) is 0 Å². The van der Waals surface area contributed by atoms with E-state index in [1.807, 2.05) is 6.92 Å². The lowest BCUT2D eigenvalue weighted by atomic mass is 10.1. The maximum absolute atomic E-state index is 4.61. The van der Waals surface area contributed by atoms with Gasteiger partial charge in [-0.1, -0.05) is 22.9 Å². The lowest BCUT2D eigenvalue weighted by molar-refractivity contribution is 0.974. The van der Waals surface area contributed by atoms with Crippen LogP contribution in [0.1, 0.15) is 31.0 Å². The molecule has 1 aromatic carbocycles. The molecular weight excluding hydrogens is 302 g/mol. The molecule has 0 bridgehead atoms. The van der Waals surface area contributed by atoms with Crippen molar-refractivity contribution in [1.29, 1.82) is 0 Å². The van der Waals surface area contributed by atoms with Crippen LogP contribution < -0.4 is 5.32 Å². The maximum atomic E-state index is 4.61. The van der Waals surface area contributed by atoms with E-state index in [0.717, 1.165) is 22.5 Å². The topological polar surface area (TPSA) is 29.9 Å². The third-order valence-corrected chi connectivity index (χ3v) is 3.91. The number of hydrogen-bond acceptors (Lipinski definition) is 2. The Labute approximate surface area is 122 Å². The quantitative estimate of drug-likeness (QED) is 0.920. The van der Waals surface area contributed by atoms with Crippen LogP contribution in [0.25, 0.3) is 5.69 Å². The largest absolute Gasteiger partial charge is 0.353 e. The van der Waals surface area contributed by atoms with Crippen LogP contribution in [0.5, 0.6) is 0 Å². The van der Waals surface area contributed by atoms with Crippen molar-refractivity contribution in [3.63, 3.8) is 0 Å². The van der Waals surface area contributed by atoms with Crippen molar-refractivity contribution in [2.24, 2.45) is 0 Å². The maximum Gasteiger partial charge on any atom is 0.207 e. The molecule has 0 unspecified atom stereocenters. The molecule has 1 aliphatic rings. The molecule has 4 heteroatoms. The fourth-order valence-electron chi connectivity index (χ4n) is 2.27. The van der Waals surface area contributed by atoms with Crippen molar-refractivity contribution in [2.45, 2.75) is 39.2 Å². The highest BCUT2D eigenvalue weighted by Crippen LogP contribution is 2.28. The van der Waals surface area contributed by atoms with Gasteiger partial charge in [-0.15, -0.1) is 0 Å². The van der Waals surface area contributed by atoms with Crippen LogP contribution in [0, 0.1) is 6.92 Å². The van der Waals surface area contributed by atoms with Gasteiger partial charge in [-0.2, -0.15) is 0 Å². The first kappa shape index (κ1) is 12.7. The van der Waals surface area contributed by atoms with E-state index in [1.165, 1.54) is 24.1 Å². The number of hydrogen-bond donors (Lipinski definition) is 1. The average Bonchev–Trinajstić information content (AvgIpc) is 3.12. The van der Waals surface area contributed by atoms with E-state index in [0.29, 0.717) is 6.04 Å². The molecule has 1 aromatic heterocycles. The molecule has 3 rings (SSSR count). The van der Waals surface area contributed by atoms with Gasteiger partial charge in [-0.25, -0.2) is 4.98 Å². The van der Waals surface area contributed by atoms with Crippen molar-refractivity contribution >= 4 is 21.9 Å². The minimum atomic E-state index is 0.612. The first-order valence-electron chi connectivity index (χ1n) is 6.78. The van der Waals surface area contributed by atoms with E-state index in [1.54, 1.807) is 0 Å². The van der Waals surface area contributed by atoms with Gasteiger partial charge >= 0.3 is 0 Å². The molecule has 0 aliphatic heterocycles. The summed E-state index contributed by atoms with van der Waals surface area (Å²) < 4.78 is 3.31. The highest BCUT2D eigenvalue weighted by atomic mass is 79.9. The van der Waals surface area contributed by atoms with E-state index in [9.17, 15) is 0 Å². The van der Waals surface area contributed by atoms with Crippen molar-refractivity contribution in [1.82, 2.24) is 9.55 Å². The van der Waals surface area contributed by atoms with Gasteiger partial charge in [0.25, 0.3) is 0 Å². The summed E-state index contributed by atoms with van der Waals surface area (Å²) in [7, 11) is 0. The molecule has 1 saturated carbocycles. The van der Waals surface area contributed by atoms with E-state index < -0.39 is 0 Å². The average molecular weight is 320 g/mol. The molecule has 3 nitrogen and oxygen atoms in total. The fourth-order valence-corrected chi connectivity index (χ4v) is 2.67. The van der Waals surface area contributed by atoms with Crippen molar-refractivity contribution in [3.8, 4) is 5.69 Å². The number of rotatable bonds is 4. The number of halogens is 1. The van der Waals surface area contributed by atoms with Gasteiger partial charge in [0, 0.05) is 16.7 Å². The zero-order valence-electron chi connectivity index (χ0n) is 11.3. The summed E-state index contributed by atoms with van der Waals surface area (Å²) in [6.45, 7) is 4.22. The molecule has 0 radical (unpaired) electrons. The molecule has 1 N–H and O–H groups in total. The van der Waals surface area contributed by atoms with Gasteiger partial charge < -0.3 is 5.32 Å². The fraction of sp³-hybridized carbons (Fsp3) is 0.400. The van der Waals surface area contributed by atoms with Crippen LogP contribution in [0.15, 0.2) is 28.9 Å². The Morgan fingerprint density at radius 1 is 1.42 bits per heavy atom. The third kappa shape index (κ3) is 2.68. The second-order valence-electron chi connectivity index (χ2n) is 5.12. The second kappa shape index (κ2) is 5.00. The predicted octanol–water partition coefficient (Wildman–Crippen LogP) is 4.08. The Bertz CT molecular complexity index is 599. The SMILES string of the molecule is CCc1cc(Br)ccc1-n1cc(C)nc1NC1CC1. The van der Waals surface area contributed by atoms with Gasteiger partial charge in [0.2, 0.25) is 5.95 Å². The summed E-state index contributed by atoms with van der Waals surface area (Å²) in [5.41, 5.74) is 3.59. The summed E-state index contributed by atoms with van der Waals surface area (Å²) in [5.74, 6) is 0.969. The normalized spacial score (nSPS) is 14.7. The van der Waals surface area contributed by atoms with Crippen LogP contribution in [0.3, 0.4) is 0 Å². The van der Waals surface area contributed by atoms with Gasteiger partial charge in [0.1, 0.15) is 0 Å². The molecule has 100 valence electrons. The highest BCUT2D eigenvalue weighted by Gasteiger charge is 2.23. The molecule has 0 saturated heterocycles. The van der Waals surface area contributed by atoms with Crippen LogP contribution in [-0.2, 0) is 6.42 Å². The minimum absolute atomic E-state index is 0.612. The Hall–Kier alpha value is -1.29. The minimum Gasteiger partial charge on any atom is -0.353 e. The number of benzene rings is 1. The summed E-state index contributed by atoms with van der Waals surface area (Å²) in [5, 5.41) is 3.51. The molecule has 1 aliphatic carbocycles. The molecule has 0 spiro atoms. The lowest BCUT2D eigenvalue weighted by Gasteiger charge is -2.13. The zero-order chi connectivity index (χ0) is 13.4. The summed E-state index contributed by atoms with van der Waals surface area (Å²) >= 11 is 3.54. The molecule has 0 atom stereocenters. The molecule has 1 fully saturated rings.